The van der Waals surface area contributed by atoms with Crippen LogP contribution in [0.15, 0.2) is 52.2 Å². The third kappa shape index (κ3) is 6.49. The van der Waals surface area contributed by atoms with Crippen molar-refractivity contribution in [2.75, 3.05) is 32.5 Å². The molecule has 8 heteroatoms. The normalized spacial score (nSPS) is 19.8. The summed E-state index contributed by atoms with van der Waals surface area (Å²) in [5.74, 6) is 1.18. The second kappa shape index (κ2) is 12.0. The molecule has 1 N–H and O–H groups in total. The first-order valence-electron chi connectivity index (χ1n) is 11.7. The molecule has 3 aromatic rings. The summed E-state index contributed by atoms with van der Waals surface area (Å²) < 4.78 is 22.0. The number of aliphatic carboxylic acids is 1. The molecule has 1 aliphatic heterocycles. The third-order valence-electron chi connectivity index (χ3n) is 6.67. The van der Waals surface area contributed by atoms with Crippen molar-refractivity contribution in [3.63, 3.8) is 0 Å². The predicted octanol–water partition coefficient (Wildman–Crippen LogP) is 6.30. The number of hydrogen-bond acceptors (Lipinski definition) is 6. The largest absolute Gasteiger partial charge is 0.497 e. The van der Waals surface area contributed by atoms with Crippen molar-refractivity contribution in [1.82, 2.24) is 9.88 Å². The van der Waals surface area contributed by atoms with Crippen LogP contribution in [0.4, 0.5) is 4.39 Å². The molecular formula is C26H31FN2O3S2. The highest BCUT2D eigenvalue weighted by Gasteiger charge is 2.31. The van der Waals surface area contributed by atoms with Crippen molar-refractivity contribution in [3.8, 4) is 5.75 Å². The molecule has 0 amide bonds. The van der Waals surface area contributed by atoms with Crippen LogP contribution in [0.25, 0.3) is 10.9 Å². The van der Waals surface area contributed by atoms with E-state index in [1.165, 1.54) is 4.21 Å². The molecule has 1 aromatic carbocycles. The summed E-state index contributed by atoms with van der Waals surface area (Å²) in [5, 5.41) is 12.3. The Hall–Kier alpha value is -2.16. The number of pyridine rings is 1. The molecule has 0 saturated carbocycles. The lowest BCUT2D eigenvalue weighted by Gasteiger charge is -2.38. The summed E-state index contributed by atoms with van der Waals surface area (Å²) in [6.07, 6.45) is 2.65. The van der Waals surface area contributed by atoms with Gasteiger partial charge >= 0.3 is 5.97 Å². The number of likely N-dealkylation sites (tertiary alicyclic amines) is 1. The number of aromatic nitrogens is 1. The van der Waals surface area contributed by atoms with Gasteiger partial charge in [0.15, 0.2) is 0 Å². The topological polar surface area (TPSA) is 62.7 Å². The van der Waals surface area contributed by atoms with Crippen molar-refractivity contribution < 1.29 is 19.0 Å². The molecule has 4 rings (SSSR count). The number of rotatable bonds is 11. The van der Waals surface area contributed by atoms with E-state index in [0.717, 1.165) is 42.7 Å². The molecule has 0 radical (unpaired) electrons. The average Bonchev–Trinajstić information content (AvgIpc) is 3.36. The molecule has 1 fully saturated rings. The van der Waals surface area contributed by atoms with Gasteiger partial charge in [-0.05, 0) is 78.9 Å². The lowest BCUT2D eigenvalue weighted by atomic mass is 9.79. The number of ether oxygens (including phenoxy) is 1. The molecule has 1 saturated heterocycles. The molecule has 5 nitrogen and oxygen atoms in total. The quantitative estimate of drug-likeness (QED) is 0.311. The van der Waals surface area contributed by atoms with E-state index in [1.54, 1.807) is 30.7 Å². The number of fused-ring (bicyclic) bond motifs is 1. The Kier molecular flexibility index (Phi) is 8.80. The molecule has 34 heavy (non-hydrogen) atoms. The van der Waals surface area contributed by atoms with Gasteiger partial charge in [0, 0.05) is 36.8 Å². The second-order valence-corrected chi connectivity index (χ2v) is 11.2. The van der Waals surface area contributed by atoms with E-state index in [9.17, 15) is 9.90 Å². The number of thiophene rings is 1. The van der Waals surface area contributed by atoms with Crippen molar-refractivity contribution in [3.05, 3.63) is 53.5 Å². The van der Waals surface area contributed by atoms with Gasteiger partial charge in [0.2, 0.25) is 0 Å². The van der Waals surface area contributed by atoms with E-state index in [-0.39, 0.29) is 18.3 Å². The molecule has 182 valence electrons. The highest BCUT2D eigenvalue weighted by atomic mass is 32.2. The van der Waals surface area contributed by atoms with Crippen LogP contribution < -0.4 is 4.74 Å². The number of halogens is 1. The van der Waals surface area contributed by atoms with Gasteiger partial charge in [0.1, 0.15) is 11.9 Å². The summed E-state index contributed by atoms with van der Waals surface area (Å²) in [6.45, 7) is 2.66. The maximum Gasteiger partial charge on any atom is 0.303 e. The van der Waals surface area contributed by atoms with Gasteiger partial charge in [0.05, 0.1) is 16.8 Å². The number of hydrogen-bond donors (Lipinski definition) is 1. The van der Waals surface area contributed by atoms with Crippen LogP contribution in [0.5, 0.6) is 5.75 Å². The molecule has 3 atom stereocenters. The fraction of sp³-hybridized carbons (Fsp3) is 0.462. The zero-order chi connectivity index (χ0) is 23.9. The predicted molar refractivity (Wildman–Crippen MR) is 137 cm³/mol. The molecule has 0 spiro atoms. The Morgan fingerprint density at radius 3 is 3.00 bits per heavy atom. The lowest BCUT2D eigenvalue weighted by Crippen LogP contribution is -2.42. The third-order valence-corrected chi connectivity index (χ3v) is 8.78. The fourth-order valence-electron chi connectivity index (χ4n) is 4.88. The number of alkyl halides is 1. The smallest absolute Gasteiger partial charge is 0.303 e. The zero-order valence-corrected chi connectivity index (χ0v) is 21.0. The van der Waals surface area contributed by atoms with E-state index in [1.807, 2.05) is 30.0 Å². The summed E-state index contributed by atoms with van der Waals surface area (Å²) in [4.78, 5) is 18.3. The first-order valence-corrected chi connectivity index (χ1v) is 13.6. The summed E-state index contributed by atoms with van der Waals surface area (Å²) >= 11 is 3.60. The minimum absolute atomic E-state index is 0.0551. The monoisotopic (exact) mass is 502 g/mol. The maximum absolute atomic E-state index is 15.4. The Bertz CT molecular complexity index is 1080. The van der Waals surface area contributed by atoms with Crippen LogP contribution in [-0.4, -0.2) is 53.5 Å². The Labute approximate surface area is 208 Å². The average molecular weight is 503 g/mol. The van der Waals surface area contributed by atoms with Crippen LogP contribution in [0.1, 0.15) is 37.4 Å². The number of carbonyl (C=O) groups is 1. The SMILES string of the molecule is COc1ccc2nccc(C(F)CC[C@@H]3CCN(CCSc4cccs4)C[C@@H]3CC(=O)O)c2c1. The Morgan fingerprint density at radius 2 is 2.24 bits per heavy atom. The number of carboxylic acid groups (broad SMARTS) is 1. The summed E-state index contributed by atoms with van der Waals surface area (Å²) in [5.41, 5.74) is 1.38. The summed E-state index contributed by atoms with van der Waals surface area (Å²) in [7, 11) is 1.60. The fourth-order valence-corrected chi connectivity index (χ4v) is 6.74. The zero-order valence-electron chi connectivity index (χ0n) is 19.4. The first-order chi connectivity index (χ1) is 16.5. The van der Waals surface area contributed by atoms with E-state index >= 15 is 4.39 Å². The molecule has 1 aliphatic rings. The van der Waals surface area contributed by atoms with E-state index in [4.69, 9.17) is 4.74 Å². The lowest BCUT2D eigenvalue weighted by molar-refractivity contribution is -0.139. The van der Waals surface area contributed by atoms with E-state index in [0.29, 0.717) is 24.2 Å². The molecular weight excluding hydrogens is 471 g/mol. The Balaban J connectivity index is 1.35. The first kappa shape index (κ1) is 24.9. The summed E-state index contributed by atoms with van der Waals surface area (Å²) in [6, 6.07) is 11.4. The van der Waals surface area contributed by atoms with Crippen LogP contribution in [-0.2, 0) is 4.79 Å². The molecule has 0 aliphatic carbocycles. The van der Waals surface area contributed by atoms with Crippen LogP contribution in [0.2, 0.25) is 0 Å². The van der Waals surface area contributed by atoms with Gasteiger partial charge in [0.25, 0.3) is 0 Å². The van der Waals surface area contributed by atoms with Crippen LogP contribution in [0.3, 0.4) is 0 Å². The number of piperidine rings is 1. The molecule has 3 heterocycles. The standard InChI is InChI=1S/C26H31FN2O3S2/c1-32-20-5-7-24-22(16-20)21(8-10-28-24)23(27)6-4-18-9-11-29(17-19(18)15-25(30)31)12-14-34-26-3-2-13-33-26/h2-3,5,7-8,10,13,16,18-19,23H,4,6,9,11-12,14-15,17H2,1H3,(H,30,31)/t18-,19+,23?/m1/s1. The van der Waals surface area contributed by atoms with Crippen molar-refractivity contribution >= 4 is 40.0 Å². The van der Waals surface area contributed by atoms with Crippen LogP contribution in [0, 0.1) is 11.8 Å². The number of nitrogens with zero attached hydrogens (tertiary/aromatic N) is 2. The Morgan fingerprint density at radius 1 is 1.35 bits per heavy atom. The minimum atomic E-state index is -1.12. The highest BCUT2D eigenvalue weighted by Crippen LogP contribution is 2.36. The van der Waals surface area contributed by atoms with Gasteiger partial charge in [-0.15, -0.1) is 23.1 Å². The van der Waals surface area contributed by atoms with Crippen molar-refractivity contribution in [2.24, 2.45) is 11.8 Å². The van der Waals surface area contributed by atoms with Gasteiger partial charge in [-0.1, -0.05) is 6.07 Å². The maximum atomic E-state index is 15.4. The van der Waals surface area contributed by atoms with Gasteiger partial charge < -0.3 is 14.7 Å². The van der Waals surface area contributed by atoms with E-state index < -0.39 is 12.1 Å². The van der Waals surface area contributed by atoms with Crippen LogP contribution >= 0.6 is 23.1 Å². The molecule has 2 aromatic heterocycles. The highest BCUT2D eigenvalue weighted by molar-refractivity contribution is 8.01. The van der Waals surface area contributed by atoms with Gasteiger partial charge in [-0.2, -0.15) is 0 Å². The second-order valence-electron chi connectivity index (χ2n) is 8.82. The number of thioether (sulfide) groups is 1. The number of benzene rings is 1. The number of methoxy groups -OCH3 is 1. The van der Waals surface area contributed by atoms with Crippen molar-refractivity contribution in [2.45, 2.75) is 36.1 Å². The molecule has 0 bridgehead atoms. The van der Waals surface area contributed by atoms with Gasteiger partial charge in [-0.25, -0.2) is 4.39 Å². The van der Waals surface area contributed by atoms with Gasteiger partial charge in [-0.3, -0.25) is 9.78 Å². The number of carboxylic acids is 1. The van der Waals surface area contributed by atoms with E-state index in [2.05, 4.69) is 27.4 Å². The molecule has 1 unspecified atom stereocenters. The minimum Gasteiger partial charge on any atom is -0.497 e. The van der Waals surface area contributed by atoms with Crippen molar-refractivity contribution in [1.29, 1.82) is 0 Å².